The molecule has 0 saturated heterocycles. The van der Waals surface area contributed by atoms with E-state index in [0.29, 0.717) is 30.1 Å². The fraction of sp³-hybridized carbons (Fsp3) is 0.562. The number of thiophene rings is 1. The molecule has 8 heteroatoms. The molecule has 3 heterocycles. The maximum absolute atomic E-state index is 11.5. The van der Waals surface area contributed by atoms with Crippen molar-refractivity contribution in [2.45, 2.75) is 45.1 Å². The number of carbonyl (C=O) groups excluding carboxylic acids is 1. The molecule has 1 aliphatic rings. The van der Waals surface area contributed by atoms with Gasteiger partial charge in [0.05, 0.1) is 30.5 Å². The summed E-state index contributed by atoms with van der Waals surface area (Å²) < 4.78 is 10.8. The molecule has 0 radical (unpaired) electrons. The van der Waals surface area contributed by atoms with Crippen LogP contribution in [0.5, 0.6) is 0 Å². The Morgan fingerprint density at radius 2 is 2.29 bits per heavy atom. The van der Waals surface area contributed by atoms with E-state index < -0.39 is 0 Å². The molecule has 1 atom stereocenters. The van der Waals surface area contributed by atoms with Gasteiger partial charge in [0, 0.05) is 11.3 Å². The lowest BCUT2D eigenvalue weighted by Gasteiger charge is -2.26. The Balaban J connectivity index is 1.87. The number of esters is 1. The quantitative estimate of drug-likeness (QED) is 0.494. The molecule has 0 aromatic carbocycles. The van der Waals surface area contributed by atoms with Crippen LogP contribution >= 0.6 is 23.1 Å². The summed E-state index contributed by atoms with van der Waals surface area (Å²) in [5.74, 6) is 0.842. The SMILES string of the molecule is CCOC(=O)CSc1nc(N)c2c3c(sc2n1)CO[C@@H](C(C)C)C3. The van der Waals surface area contributed by atoms with E-state index in [2.05, 4.69) is 23.8 Å². The van der Waals surface area contributed by atoms with E-state index in [0.717, 1.165) is 16.6 Å². The Morgan fingerprint density at radius 1 is 1.50 bits per heavy atom. The summed E-state index contributed by atoms with van der Waals surface area (Å²) in [6, 6.07) is 0. The normalized spacial score (nSPS) is 17.2. The van der Waals surface area contributed by atoms with Crippen LogP contribution in [0.15, 0.2) is 5.16 Å². The van der Waals surface area contributed by atoms with Crippen molar-refractivity contribution in [1.29, 1.82) is 0 Å². The summed E-state index contributed by atoms with van der Waals surface area (Å²) in [5.41, 5.74) is 7.42. The van der Waals surface area contributed by atoms with Crippen molar-refractivity contribution in [2.24, 2.45) is 5.92 Å². The van der Waals surface area contributed by atoms with Gasteiger partial charge in [-0.15, -0.1) is 11.3 Å². The molecule has 0 bridgehead atoms. The maximum atomic E-state index is 11.5. The molecule has 2 aromatic rings. The third kappa shape index (κ3) is 3.50. The van der Waals surface area contributed by atoms with E-state index in [4.69, 9.17) is 15.2 Å². The molecule has 6 nitrogen and oxygen atoms in total. The van der Waals surface area contributed by atoms with Crippen LogP contribution < -0.4 is 5.73 Å². The predicted octanol–water partition coefficient (Wildman–Crippen LogP) is 3.03. The second kappa shape index (κ2) is 7.25. The van der Waals surface area contributed by atoms with Crippen molar-refractivity contribution in [2.75, 3.05) is 18.1 Å². The average Bonchev–Trinajstić information content (AvgIpc) is 2.91. The van der Waals surface area contributed by atoms with Gasteiger partial charge in [0.2, 0.25) is 0 Å². The molecule has 0 unspecified atom stereocenters. The van der Waals surface area contributed by atoms with Gasteiger partial charge >= 0.3 is 5.97 Å². The fourth-order valence-electron chi connectivity index (χ4n) is 2.71. The van der Waals surface area contributed by atoms with E-state index in [9.17, 15) is 4.79 Å². The van der Waals surface area contributed by atoms with Crippen LogP contribution in [-0.4, -0.2) is 34.4 Å². The highest BCUT2D eigenvalue weighted by molar-refractivity contribution is 7.99. The third-order valence-electron chi connectivity index (χ3n) is 3.94. The first-order valence-corrected chi connectivity index (χ1v) is 9.77. The zero-order valence-corrected chi connectivity index (χ0v) is 15.6. The molecule has 1 aliphatic heterocycles. The second-order valence-electron chi connectivity index (χ2n) is 5.97. The molecule has 2 aromatic heterocycles. The zero-order chi connectivity index (χ0) is 17.3. The van der Waals surface area contributed by atoms with Gasteiger partial charge in [-0.05, 0) is 18.4 Å². The standard InChI is InChI=1S/C16H21N3O3S2/c1-4-21-12(20)7-23-16-18-14(17)13-9-5-10(8(2)3)22-6-11(9)24-15(13)19-16/h8,10H,4-7H2,1-3H3,(H2,17,18,19)/t10-/m1/s1. The lowest BCUT2D eigenvalue weighted by Crippen LogP contribution is -2.26. The number of hydrogen-bond acceptors (Lipinski definition) is 8. The van der Waals surface area contributed by atoms with Gasteiger partial charge in [0.1, 0.15) is 10.6 Å². The van der Waals surface area contributed by atoms with Crippen molar-refractivity contribution in [3.05, 3.63) is 10.4 Å². The van der Waals surface area contributed by atoms with Crippen molar-refractivity contribution in [3.8, 4) is 0 Å². The van der Waals surface area contributed by atoms with Gasteiger partial charge < -0.3 is 15.2 Å². The van der Waals surface area contributed by atoms with E-state index >= 15 is 0 Å². The summed E-state index contributed by atoms with van der Waals surface area (Å²) in [5, 5.41) is 1.46. The van der Waals surface area contributed by atoms with E-state index in [1.165, 1.54) is 22.2 Å². The first kappa shape index (κ1) is 17.4. The summed E-state index contributed by atoms with van der Waals surface area (Å²) in [4.78, 5) is 22.5. The summed E-state index contributed by atoms with van der Waals surface area (Å²) in [6.07, 6.45) is 1.04. The number of nitrogens with two attached hydrogens (primary N) is 1. The molecular formula is C16H21N3O3S2. The first-order chi connectivity index (χ1) is 11.5. The molecule has 0 amide bonds. The van der Waals surface area contributed by atoms with Crippen LogP contribution in [0.1, 0.15) is 31.2 Å². The Hall–Kier alpha value is -1.38. The van der Waals surface area contributed by atoms with Gasteiger partial charge in [-0.2, -0.15) is 0 Å². The highest BCUT2D eigenvalue weighted by Crippen LogP contribution is 2.39. The number of thioether (sulfide) groups is 1. The number of carbonyl (C=O) groups is 1. The average molecular weight is 367 g/mol. The first-order valence-electron chi connectivity index (χ1n) is 7.97. The maximum Gasteiger partial charge on any atom is 0.316 e. The number of rotatable bonds is 5. The Labute approximate surface area is 149 Å². The molecule has 0 fully saturated rings. The molecule has 24 heavy (non-hydrogen) atoms. The molecular weight excluding hydrogens is 346 g/mol. The Bertz CT molecular complexity index is 761. The van der Waals surface area contributed by atoms with Crippen LogP contribution in [0.25, 0.3) is 10.2 Å². The smallest absolute Gasteiger partial charge is 0.316 e. The summed E-state index contributed by atoms with van der Waals surface area (Å²) in [7, 11) is 0. The second-order valence-corrected chi connectivity index (χ2v) is 7.99. The fourth-order valence-corrected chi connectivity index (χ4v) is 4.54. The molecule has 0 aliphatic carbocycles. The molecule has 0 saturated carbocycles. The van der Waals surface area contributed by atoms with E-state index in [-0.39, 0.29) is 17.8 Å². The van der Waals surface area contributed by atoms with Crippen LogP contribution in [0.4, 0.5) is 5.82 Å². The van der Waals surface area contributed by atoms with Crippen LogP contribution in [0.2, 0.25) is 0 Å². The summed E-state index contributed by atoms with van der Waals surface area (Å²) >= 11 is 2.85. The third-order valence-corrected chi connectivity index (χ3v) is 5.86. The minimum atomic E-state index is -0.275. The van der Waals surface area contributed by atoms with Crippen molar-refractivity contribution in [3.63, 3.8) is 0 Å². The monoisotopic (exact) mass is 367 g/mol. The van der Waals surface area contributed by atoms with E-state index in [1.807, 2.05) is 0 Å². The zero-order valence-electron chi connectivity index (χ0n) is 14.0. The number of ether oxygens (including phenoxy) is 2. The number of fused-ring (bicyclic) bond motifs is 3. The highest BCUT2D eigenvalue weighted by Gasteiger charge is 2.27. The summed E-state index contributed by atoms with van der Waals surface area (Å²) in [6.45, 7) is 7.08. The molecule has 3 rings (SSSR count). The number of aromatic nitrogens is 2. The Kier molecular flexibility index (Phi) is 5.27. The van der Waals surface area contributed by atoms with Crippen LogP contribution in [0, 0.1) is 5.92 Å². The van der Waals surface area contributed by atoms with Gasteiger partial charge in [-0.1, -0.05) is 25.6 Å². The molecule has 0 spiro atoms. The minimum absolute atomic E-state index is 0.183. The lowest BCUT2D eigenvalue weighted by atomic mass is 9.96. The van der Waals surface area contributed by atoms with Crippen molar-refractivity contribution in [1.82, 2.24) is 9.97 Å². The minimum Gasteiger partial charge on any atom is -0.465 e. The van der Waals surface area contributed by atoms with E-state index in [1.54, 1.807) is 18.3 Å². The molecule has 130 valence electrons. The van der Waals surface area contributed by atoms with Crippen LogP contribution in [-0.2, 0) is 27.3 Å². The highest BCUT2D eigenvalue weighted by atomic mass is 32.2. The van der Waals surface area contributed by atoms with Crippen molar-refractivity contribution >= 4 is 45.1 Å². The Morgan fingerprint density at radius 3 is 3.00 bits per heavy atom. The topological polar surface area (TPSA) is 87.3 Å². The van der Waals surface area contributed by atoms with Gasteiger partial charge in [-0.25, -0.2) is 9.97 Å². The van der Waals surface area contributed by atoms with Gasteiger partial charge in [0.15, 0.2) is 5.16 Å². The number of nitrogens with zero attached hydrogens (tertiary/aromatic N) is 2. The predicted molar refractivity (Wildman–Crippen MR) is 96.3 cm³/mol. The van der Waals surface area contributed by atoms with Gasteiger partial charge in [0.25, 0.3) is 0 Å². The number of nitrogen functional groups attached to an aromatic ring is 1. The van der Waals surface area contributed by atoms with Gasteiger partial charge in [-0.3, -0.25) is 4.79 Å². The van der Waals surface area contributed by atoms with Crippen molar-refractivity contribution < 1.29 is 14.3 Å². The van der Waals surface area contributed by atoms with Crippen LogP contribution in [0.3, 0.4) is 0 Å². The largest absolute Gasteiger partial charge is 0.465 e. The molecule has 2 N–H and O–H groups in total. The lowest BCUT2D eigenvalue weighted by molar-refractivity contribution is -0.139. The number of hydrogen-bond donors (Lipinski definition) is 1. The number of anilines is 1.